The van der Waals surface area contributed by atoms with Gasteiger partial charge in [-0.05, 0) is 60.9 Å². The van der Waals surface area contributed by atoms with Crippen LogP contribution < -0.4 is 10.1 Å². The summed E-state index contributed by atoms with van der Waals surface area (Å²) >= 11 is 1.82. The molecule has 20 heavy (non-hydrogen) atoms. The van der Waals surface area contributed by atoms with Crippen molar-refractivity contribution in [1.29, 1.82) is 0 Å². The number of thiophene rings is 1. The summed E-state index contributed by atoms with van der Waals surface area (Å²) in [6, 6.07) is 11.7. The maximum absolute atomic E-state index is 5.38. The normalized spacial score (nSPS) is 19.4. The number of hydrogen-bond donors (Lipinski definition) is 1. The number of benzene rings is 1. The van der Waals surface area contributed by atoms with Gasteiger partial charge in [-0.25, -0.2) is 0 Å². The fourth-order valence-corrected chi connectivity index (χ4v) is 3.74. The van der Waals surface area contributed by atoms with Crippen LogP contribution in [0.15, 0.2) is 35.7 Å². The molecule has 0 fully saturated rings. The lowest BCUT2D eigenvalue weighted by Crippen LogP contribution is -2.27. The van der Waals surface area contributed by atoms with Gasteiger partial charge in [-0.2, -0.15) is 0 Å². The summed E-state index contributed by atoms with van der Waals surface area (Å²) in [5.74, 6) is 0.959. The minimum atomic E-state index is 0.400. The minimum Gasteiger partial charge on any atom is -0.497 e. The third kappa shape index (κ3) is 2.74. The summed E-state index contributed by atoms with van der Waals surface area (Å²) in [4.78, 5) is 1.40. The molecule has 0 radical (unpaired) electrons. The zero-order chi connectivity index (χ0) is 13.9. The molecule has 1 N–H and O–H groups in total. The van der Waals surface area contributed by atoms with Crippen molar-refractivity contribution in [2.24, 2.45) is 0 Å². The molecule has 3 rings (SSSR count). The van der Waals surface area contributed by atoms with Crippen LogP contribution in [-0.4, -0.2) is 7.11 Å². The lowest BCUT2D eigenvalue weighted by atomic mass is 9.87. The number of nitrogens with one attached hydrogen (secondary N) is 1. The van der Waals surface area contributed by atoms with Gasteiger partial charge in [0.1, 0.15) is 5.75 Å². The van der Waals surface area contributed by atoms with E-state index in [2.05, 4.69) is 48.0 Å². The van der Waals surface area contributed by atoms with Gasteiger partial charge >= 0.3 is 0 Å². The average molecular weight is 287 g/mol. The molecule has 1 unspecified atom stereocenters. The number of fused-ring (bicyclic) bond motifs is 1. The average Bonchev–Trinajstić information content (AvgIpc) is 3.01. The van der Waals surface area contributed by atoms with Crippen molar-refractivity contribution in [3.63, 3.8) is 0 Å². The highest BCUT2D eigenvalue weighted by atomic mass is 32.1. The van der Waals surface area contributed by atoms with Gasteiger partial charge in [0.15, 0.2) is 0 Å². The molecule has 0 spiro atoms. The number of hydrogen-bond acceptors (Lipinski definition) is 3. The van der Waals surface area contributed by atoms with Gasteiger partial charge in [0, 0.05) is 17.0 Å². The van der Waals surface area contributed by atoms with E-state index in [1.807, 2.05) is 11.3 Å². The molecule has 2 nitrogen and oxygen atoms in total. The lowest BCUT2D eigenvalue weighted by molar-refractivity contribution is 0.400. The number of methoxy groups -OCH3 is 1. The summed E-state index contributed by atoms with van der Waals surface area (Å²) in [7, 11) is 1.74. The van der Waals surface area contributed by atoms with Crippen molar-refractivity contribution in [1.82, 2.24) is 5.32 Å². The summed E-state index contributed by atoms with van der Waals surface area (Å²) in [5, 5.41) is 5.93. The molecule has 1 aliphatic rings. The van der Waals surface area contributed by atoms with Gasteiger partial charge in [-0.3, -0.25) is 0 Å². The van der Waals surface area contributed by atoms with Crippen LogP contribution >= 0.6 is 11.3 Å². The molecular formula is C17H21NOS. The van der Waals surface area contributed by atoms with Crippen LogP contribution in [0.5, 0.6) is 5.75 Å². The predicted octanol–water partition coefficient (Wildman–Crippen LogP) is 4.48. The Morgan fingerprint density at radius 2 is 2.25 bits per heavy atom. The largest absolute Gasteiger partial charge is 0.497 e. The Hall–Kier alpha value is -1.32. The first kappa shape index (κ1) is 13.7. The first-order valence-electron chi connectivity index (χ1n) is 7.24. The van der Waals surface area contributed by atoms with E-state index in [-0.39, 0.29) is 0 Å². The maximum Gasteiger partial charge on any atom is 0.119 e. The van der Waals surface area contributed by atoms with Crippen molar-refractivity contribution < 1.29 is 4.74 Å². The molecule has 2 atom stereocenters. The number of aryl methyl sites for hydroxylation is 1. The van der Waals surface area contributed by atoms with Crippen molar-refractivity contribution in [2.75, 3.05) is 7.11 Å². The fourth-order valence-electron chi connectivity index (χ4n) is 3.00. The summed E-state index contributed by atoms with van der Waals surface area (Å²) in [6.45, 7) is 2.25. The van der Waals surface area contributed by atoms with Crippen molar-refractivity contribution in [3.8, 4) is 5.75 Å². The highest BCUT2D eigenvalue weighted by Crippen LogP contribution is 2.34. The van der Waals surface area contributed by atoms with Gasteiger partial charge in [0.2, 0.25) is 0 Å². The van der Waals surface area contributed by atoms with Crippen molar-refractivity contribution in [2.45, 2.75) is 38.3 Å². The SMILES string of the molecule is COc1ccc2c(c1)C(N[C@@H](C)c1cccs1)CCC2. The second kappa shape index (κ2) is 5.98. The predicted molar refractivity (Wildman–Crippen MR) is 84.5 cm³/mol. The van der Waals surface area contributed by atoms with E-state index in [0.29, 0.717) is 12.1 Å². The fraction of sp³-hybridized carbons (Fsp3) is 0.412. The van der Waals surface area contributed by atoms with E-state index >= 15 is 0 Å². The van der Waals surface area contributed by atoms with Crippen molar-refractivity contribution in [3.05, 3.63) is 51.7 Å². The molecule has 3 heteroatoms. The van der Waals surface area contributed by atoms with Crippen LogP contribution in [0.3, 0.4) is 0 Å². The van der Waals surface area contributed by atoms with Gasteiger partial charge in [-0.1, -0.05) is 12.1 Å². The molecule has 1 aromatic heterocycles. The minimum absolute atomic E-state index is 0.400. The third-order valence-electron chi connectivity index (χ3n) is 4.09. The van der Waals surface area contributed by atoms with E-state index in [1.54, 1.807) is 7.11 Å². The van der Waals surface area contributed by atoms with Crippen LogP contribution in [0.1, 0.15) is 47.9 Å². The third-order valence-corrected chi connectivity index (χ3v) is 5.14. The molecule has 0 saturated carbocycles. The Balaban J connectivity index is 1.82. The maximum atomic E-state index is 5.38. The smallest absolute Gasteiger partial charge is 0.119 e. The molecule has 0 saturated heterocycles. The molecule has 0 aliphatic heterocycles. The molecule has 106 valence electrons. The van der Waals surface area contributed by atoms with Crippen LogP contribution in [-0.2, 0) is 6.42 Å². The van der Waals surface area contributed by atoms with Gasteiger partial charge in [-0.15, -0.1) is 11.3 Å². The topological polar surface area (TPSA) is 21.3 Å². The zero-order valence-corrected chi connectivity index (χ0v) is 12.9. The molecule has 1 aliphatic carbocycles. The molecular weight excluding hydrogens is 266 g/mol. The lowest BCUT2D eigenvalue weighted by Gasteiger charge is -2.29. The van der Waals surface area contributed by atoms with Crippen LogP contribution in [0.25, 0.3) is 0 Å². The quantitative estimate of drug-likeness (QED) is 0.895. The second-order valence-corrected chi connectivity index (χ2v) is 6.39. The highest BCUT2D eigenvalue weighted by molar-refractivity contribution is 7.10. The first-order valence-corrected chi connectivity index (χ1v) is 8.12. The van der Waals surface area contributed by atoms with E-state index in [0.717, 1.165) is 5.75 Å². The standard InChI is InChI=1S/C17H21NOS/c1-12(17-7-4-10-20-17)18-16-6-3-5-13-8-9-14(19-2)11-15(13)16/h4,7-12,16,18H,3,5-6H2,1-2H3/t12-,16?/m0/s1. The Morgan fingerprint density at radius 1 is 1.35 bits per heavy atom. The highest BCUT2D eigenvalue weighted by Gasteiger charge is 2.22. The Labute approximate surface area is 124 Å². The monoisotopic (exact) mass is 287 g/mol. The Bertz CT molecular complexity index is 564. The Morgan fingerprint density at radius 3 is 3.00 bits per heavy atom. The summed E-state index contributed by atoms with van der Waals surface area (Å²) < 4.78 is 5.38. The Kier molecular flexibility index (Phi) is 4.08. The molecule has 1 heterocycles. The van der Waals surface area contributed by atoms with E-state index in [4.69, 9.17) is 4.74 Å². The summed E-state index contributed by atoms with van der Waals surface area (Å²) in [6.07, 6.45) is 3.65. The zero-order valence-electron chi connectivity index (χ0n) is 12.1. The second-order valence-electron chi connectivity index (χ2n) is 5.41. The molecule has 0 amide bonds. The van der Waals surface area contributed by atoms with Crippen LogP contribution in [0.4, 0.5) is 0 Å². The van der Waals surface area contributed by atoms with Crippen molar-refractivity contribution >= 4 is 11.3 Å². The molecule has 2 aromatic rings. The number of rotatable bonds is 4. The molecule has 1 aromatic carbocycles. The van der Waals surface area contributed by atoms with Gasteiger partial charge < -0.3 is 10.1 Å². The van der Waals surface area contributed by atoms with Crippen LogP contribution in [0, 0.1) is 0 Å². The van der Waals surface area contributed by atoms with E-state index < -0.39 is 0 Å². The van der Waals surface area contributed by atoms with Crippen LogP contribution in [0.2, 0.25) is 0 Å². The number of ether oxygens (including phenoxy) is 1. The van der Waals surface area contributed by atoms with Gasteiger partial charge in [0.05, 0.1) is 7.11 Å². The first-order chi connectivity index (χ1) is 9.78. The summed E-state index contributed by atoms with van der Waals surface area (Å²) in [5.41, 5.74) is 2.88. The molecule has 0 bridgehead atoms. The van der Waals surface area contributed by atoms with E-state index in [9.17, 15) is 0 Å². The van der Waals surface area contributed by atoms with Gasteiger partial charge in [0.25, 0.3) is 0 Å². The van der Waals surface area contributed by atoms with E-state index in [1.165, 1.54) is 35.3 Å².